The maximum Gasteiger partial charge on any atom is 0.227 e. The Morgan fingerprint density at radius 3 is 2.73 bits per heavy atom. The van der Waals surface area contributed by atoms with Gasteiger partial charge in [0.15, 0.2) is 5.13 Å². The van der Waals surface area contributed by atoms with E-state index < -0.39 is 0 Å². The number of fused-ring (bicyclic) bond motifs is 1. The number of likely N-dealkylation sites (tertiary alicyclic amines) is 1. The van der Waals surface area contributed by atoms with Crippen molar-refractivity contribution in [1.29, 1.82) is 0 Å². The molecule has 2 N–H and O–H groups in total. The van der Waals surface area contributed by atoms with Crippen molar-refractivity contribution in [3.05, 3.63) is 65.9 Å². The minimum absolute atomic E-state index is 0.0287. The molecule has 4 heterocycles. The third kappa shape index (κ3) is 5.86. The van der Waals surface area contributed by atoms with Gasteiger partial charge in [0.2, 0.25) is 11.8 Å². The molecule has 1 unspecified atom stereocenters. The fourth-order valence-corrected chi connectivity index (χ4v) is 5.23. The van der Waals surface area contributed by atoms with Gasteiger partial charge in [-0.15, -0.1) is 0 Å². The van der Waals surface area contributed by atoms with Gasteiger partial charge < -0.3 is 20.4 Å². The van der Waals surface area contributed by atoms with E-state index in [1.807, 2.05) is 36.2 Å². The van der Waals surface area contributed by atoms with E-state index in [0.717, 1.165) is 33.8 Å². The third-order valence-electron chi connectivity index (χ3n) is 6.37. The number of anilines is 4. The Hall–Kier alpha value is -4.05. The summed E-state index contributed by atoms with van der Waals surface area (Å²) in [6.07, 6.45) is 2.75. The first-order chi connectivity index (χ1) is 17.8. The first-order valence-corrected chi connectivity index (χ1v) is 13.0. The summed E-state index contributed by atoms with van der Waals surface area (Å²) in [5.74, 6) is 1.44. The molecule has 2 amide bonds. The van der Waals surface area contributed by atoms with Gasteiger partial charge in [0.05, 0.1) is 6.42 Å². The van der Waals surface area contributed by atoms with E-state index in [1.165, 1.54) is 23.8 Å². The standard InChI is InChI=1S/C27H29N7O2S/c1-17-4-6-21(7-5-17)33(3)24-9-8-22-26(32-24)37-27(30-22)31-23-14-19(10-12-28-23)15-25(36)34-13-11-20(16-34)29-18(2)35/h4-10,12,14,20H,11,13,15-16H2,1-3H3,(H,29,35)(H,28,30,31). The van der Waals surface area contributed by atoms with Gasteiger partial charge in [-0.05, 0) is 55.3 Å². The van der Waals surface area contributed by atoms with E-state index in [0.29, 0.717) is 24.0 Å². The smallest absolute Gasteiger partial charge is 0.227 e. The van der Waals surface area contributed by atoms with Crippen LogP contribution in [-0.4, -0.2) is 57.8 Å². The zero-order valence-electron chi connectivity index (χ0n) is 21.1. The lowest BCUT2D eigenvalue weighted by atomic mass is 10.2. The van der Waals surface area contributed by atoms with Crippen LogP contribution in [-0.2, 0) is 16.0 Å². The van der Waals surface area contributed by atoms with E-state index in [2.05, 4.69) is 51.8 Å². The first-order valence-electron chi connectivity index (χ1n) is 12.2. The minimum atomic E-state index is -0.0660. The number of nitrogens with zero attached hydrogens (tertiary/aromatic N) is 5. The highest BCUT2D eigenvalue weighted by molar-refractivity contribution is 7.21. The maximum absolute atomic E-state index is 12.8. The number of aryl methyl sites for hydroxylation is 1. The lowest BCUT2D eigenvalue weighted by molar-refractivity contribution is -0.129. The van der Waals surface area contributed by atoms with Crippen molar-refractivity contribution in [3.63, 3.8) is 0 Å². The number of thiazole rings is 1. The molecule has 0 saturated carbocycles. The average molecular weight is 516 g/mol. The number of carbonyl (C=O) groups is 2. The highest BCUT2D eigenvalue weighted by Crippen LogP contribution is 2.30. The minimum Gasteiger partial charge on any atom is -0.352 e. The number of amides is 2. The molecule has 1 aliphatic heterocycles. The molecule has 190 valence electrons. The topological polar surface area (TPSA) is 103 Å². The molecule has 10 heteroatoms. The molecule has 0 radical (unpaired) electrons. The van der Waals surface area contributed by atoms with Gasteiger partial charge in [0.1, 0.15) is 22.0 Å². The van der Waals surface area contributed by atoms with Gasteiger partial charge in [0.25, 0.3) is 0 Å². The lowest BCUT2D eigenvalue weighted by Crippen LogP contribution is -2.37. The van der Waals surface area contributed by atoms with Gasteiger partial charge in [0, 0.05) is 45.0 Å². The second kappa shape index (κ2) is 10.5. The molecule has 3 aromatic heterocycles. The average Bonchev–Trinajstić information content (AvgIpc) is 3.50. The van der Waals surface area contributed by atoms with Gasteiger partial charge in [-0.25, -0.2) is 15.0 Å². The molecule has 1 atom stereocenters. The van der Waals surface area contributed by atoms with Crippen LogP contribution in [0.15, 0.2) is 54.7 Å². The molecule has 1 saturated heterocycles. The second-order valence-corrected chi connectivity index (χ2v) is 10.3. The Morgan fingerprint density at radius 1 is 1.14 bits per heavy atom. The van der Waals surface area contributed by atoms with Crippen molar-refractivity contribution < 1.29 is 9.59 Å². The zero-order chi connectivity index (χ0) is 25.9. The number of aromatic nitrogens is 3. The summed E-state index contributed by atoms with van der Waals surface area (Å²) < 4.78 is 0. The molecule has 1 aliphatic rings. The molecular weight excluding hydrogens is 486 g/mol. The number of pyridine rings is 2. The van der Waals surface area contributed by atoms with Crippen LogP contribution in [0.3, 0.4) is 0 Å². The Kier molecular flexibility index (Phi) is 7.00. The summed E-state index contributed by atoms with van der Waals surface area (Å²) in [6, 6.07) is 16.0. The third-order valence-corrected chi connectivity index (χ3v) is 7.25. The number of hydrogen-bond donors (Lipinski definition) is 2. The van der Waals surface area contributed by atoms with Gasteiger partial charge in [-0.2, -0.15) is 0 Å². The van der Waals surface area contributed by atoms with Gasteiger partial charge in [-0.3, -0.25) is 9.59 Å². The van der Waals surface area contributed by atoms with Crippen molar-refractivity contribution in [3.8, 4) is 0 Å². The molecule has 0 bridgehead atoms. The zero-order valence-corrected chi connectivity index (χ0v) is 21.9. The molecule has 1 aromatic carbocycles. The van der Waals surface area contributed by atoms with E-state index in [-0.39, 0.29) is 24.3 Å². The summed E-state index contributed by atoms with van der Waals surface area (Å²) >= 11 is 1.46. The monoisotopic (exact) mass is 515 g/mol. The molecule has 9 nitrogen and oxygen atoms in total. The molecule has 0 aliphatic carbocycles. The van der Waals surface area contributed by atoms with Gasteiger partial charge in [-0.1, -0.05) is 29.0 Å². The van der Waals surface area contributed by atoms with Crippen LogP contribution in [0, 0.1) is 6.92 Å². The fraction of sp³-hybridized carbons (Fsp3) is 0.296. The van der Waals surface area contributed by atoms with Crippen LogP contribution in [0.2, 0.25) is 0 Å². The van der Waals surface area contributed by atoms with Crippen LogP contribution in [0.25, 0.3) is 10.3 Å². The Balaban J connectivity index is 1.25. The summed E-state index contributed by atoms with van der Waals surface area (Å²) in [6.45, 7) is 4.77. The number of benzene rings is 1. The molecule has 0 spiro atoms. The van der Waals surface area contributed by atoms with Crippen LogP contribution < -0.4 is 15.5 Å². The van der Waals surface area contributed by atoms with Crippen LogP contribution in [0.1, 0.15) is 24.5 Å². The molecule has 5 rings (SSSR count). The van der Waals surface area contributed by atoms with Crippen LogP contribution in [0.4, 0.5) is 22.5 Å². The number of hydrogen-bond acceptors (Lipinski definition) is 8. The Labute approximate surface area is 219 Å². The largest absolute Gasteiger partial charge is 0.352 e. The van der Waals surface area contributed by atoms with Gasteiger partial charge >= 0.3 is 0 Å². The molecular formula is C27H29N7O2S. The van der Waals surface area contributed by atoms with E-state index >= 15 is 0 Å². The quantitative estimate of drug-likeness (QED) is 0.380. The molecule has 37 heavy (non-hydrogen) atoms. The van der Waals surface area contributed by atoms with E-state index in [4.69, 9.17) is 4.98 Å². The normalized spacial score (nSPS) is 15.1. The SMILES string of the molecule is CC(=O)NC1CCN(C(=O)Cc2ccnc(Nc3nc4ccc(N(C)c5ccc(C)cc5)nc4s3)c2)C1. The Bertz CT molecular complexity index is 1440. The van der Waals surface area contributed by atoms with Crippen molar-refractivity contribution in [2.24, 2.45) is 0 Å². The highest BCUT2D eigenvalue weighted by Gasteiger charge is 2.26. The summed E-state index contributed by atoms with van der Waals surface area (Å²) in [4.78, 5) is 42.6. The first kappa shape index (κ1) is 24.6. The van der Waals surface area contributed by atoms with Crippen molar-refractivity contribution in [1.82, 2.24) is 25.2 Å². The second-order valence-electron chi connectivity index (χ2n) is 9.28. The lowest BCUT2D eigenvalue weighted by Gasteiger charge is -2.18. The van der Waals surface area contributed by atoms with Crippen LogP contribution in [0.5, 0.6) is 0 Å². The summed E-state index contributed by atoms with van der Waals surface area (Å²) in [5.41, 5.74) is 3.96. The van der Waals surface area contributed by atoms with E-state index in [1.54, 1.807) is 11.1 Å². The predicted octanol–water partition coefficient (Wildman–Crippen LogP) is 4.19. The highest BCUT2D eigenvalue weighted by atomic mass is 32.1. The number of rotatable bonds is 7. The van der Waals surface area contributed by atoms with Crippen LogP contribution >= 0.6 is 11.3 Å². The van der Waals surface area contributed by atoms with Crippen molar-refractivity contribution in [2.75, 3.05) is 30.4 Å². The molecule has 4 aromatic rings. The number of nitrogens with one attached hydrogen (secondary N) is 2. The summed E-state index contributed by atoms with van der Waals surface area (Å²) in [5, 5.41) is 6.84. The van der Waals surface area contributed by atoms with Crippen molar-refractivity contribution in [2.45, 2.75) is 32.7 Å². The number of carbonyl (C=O) groups excluding carboxylic acids is 2. The predicted molar refractivity (Wildman–Crippen MR) is 147 cm³/mol. The van der Waals surface area contributed by atoms with E-state index in [9.17, 15) is 9.59 Å². The van der Waals surface area contributed by atoms with Crippen molar-refractivity contribution >= 4 is 56.0 Å². The molecule has 1 fully saturated rings. The Morgan fingerprint density at radius 2 is 1.95 bits per heavy atom. The fourth-order valence-electron chi connectivity index (χ4n) is 4.39. The maximum atomic E-state index is 12.8. The summed E-state index contributed by atoms with van der Waals surface area (Å²) in [7, 11) is 2.00.